The minimum atomic E-state index is -0.953. The van der Waals surface area contributed by atoms with Crippen LogP contribution in [0.1, 0.15) is 86.8 Å². The van der Waals surface area contributed by atoms with Crippen molar-refractivity contribution in [3.63, 3.8) is 0 Å². The van der Waals surface area contributed by atoms with Gasteiger partial charge in [0.2, 0.25) is 5.88 Å². The van der Waals surface area contributed by atoms with Crippen LogP contribution in [0.5, 0.6) is 5.88 Å². The summed E-state index contributed by atoms with van der Waals surface area (Å²) in [5.74, 6) is -0.659. The monoisotopic (exact) mass is 552 g/mol. The highest BCUT2D eigenvalue weighted by molar-refractivity contribution is 6.33. The number of carbonyl (C=O) groups is 3. The van der Waals surface area contributed by atoms with Crippen LogP contribution >= 0.6 is 11.6 Å². The van der Waals surface area contributed by atoms with Crippen LogP contribution in [0.3, 0.4) is 0 Å². The van der Waals surface area contributed by atoms with Crippen molar-refractivity contribution >= 4 is 41.2 Å². The molecule has 0 aliphatic heterocycles. The molecule has 4 rings (SSSR count). The van der Waals surface area contributed by atoms with Crippen LogP contribution in [0.2, 0.25) is 5.02 Å². The molecule has 2 atom stereocenters. The summed E-state index contributed by atoms with van der Waals surface area (Å²) in [5, 5.41) is 3.20. The average molecular weight is 553 g/mol. The van der Waals surface area contributed by atoms with Gasteiger partial charge in [0, 0.05) is 0 Å². The number of aromatic nitrogens is 3. The lowest BCUT2D eigenvalue weighted by Crippen LogP contribution is -2.37. The molecule has 1 N–H and O–H groups in total. The lowest BCUT2D eigenvalue weighted by Gasteiger charge is -2.37. The Hall–Kier alpha value is -3.64. The number of benzene rings is 1. The van der Waals surface area contributed by atoms with Crippen molar-refractivity contribution in [1.29, 1.82) is 0 Å². The molecular formula is C29H33ClN4O5. The Morgan fingerprint density at radius 1 is 1.18 bits per heavy atom. The largest absolute Gasteiger partial charge is 0.459 e. The van der Waals surface area contributed by atoms with Crippen LogP contribution in [-0.4, -0.2) is 38.9 Å². The molecule has 0 spiro atoms. The molecule has 2 aromatic heterocycles. The number of hydrogen-bond acceptors (Lipinski definition) is 6. The zero-order valence-corrected chi connectivity index (χ0v) is 23.5. The fourth-order valence-electron chi connectivity index (χ4n) is 5.77. The predicted molar refractivity (Wildman–Crippen MR) is 146 cm³/mol. The highest BCUT2D eigenvalue weighted by Crippen LogP contribution is 2.41. The number of nitrogens with zero attached hydrogens (tertiary/aromatic N) is 3. The van der Waals surface area contributed by atoms with Gasteiger partial charge in [0.25, 0.3) is 5.69 Å². The molecule has 10 heteroatoms. The van der Waals surface area contributed by atoms with Gasteiger partial charge in [-0.25, -0.2) is 23.9 Å². The van der Waals surface area contributed by atoms with E-state index in [0.29, 0.717) is 24.6 Å². The maximum Gasteiger partial charge on any atom is 0.345 e. The summed E-state index contributed by atoms with van der Waals surface area (Å²) in [4.78, 5) is 47.1. The summed E-state index contributed by atoms with van der Waals surface area (Å²) in [7, 11) is 0. The number of rotatable bonds is 8. The van der Waals surface area contributed by atoms with Crippen molar-refractivity contribution in [2.45, 2.75) is 71.8 Å². The van der Waals surface area contributed by atoms with Crippen molar-refractivity contribution in [3.05, 3.63) is 57.7 Å². The van der Waals surface area contributed by atoms with Crippen LogP contribution in [0.4, 0.5) is 5.69 Å². The first-order valence-electron chi connectivity index (χ1n) is 13.3. The predicted octanol–water partition coefficient (Wildman–Crippen LogP) is 6.57. The highest BCUT2D eigenvalue weighted by atomic mass is 35.5. The number of hydrogen-bond donors (Lipinski definition) is 1. The van der Waals surface area contributed by atoms with Gasteiger partial charge in [-0.15, -0.1) is 0 Å². The van der Waals surface area contributed by atoms with E-state index in [1.807, 2.05) is 13.8 Å². The molecular weight excluding hydrogens is 520 g/mol. The van der Waals surface area contributed by atoms with Crippen molar-refractivity contribution in [2.75, 3.05) is 0 Å². The molecule has 0 radical (unpaired) electrons. The Morgan fingerprint density at radius 2 is 1.82 bits per heavy atom. The summed E-state index contributed by atoms with van der Waals surface area (Å²) in [6.45, 7) is 17.9. The first kappa shape index (κ1) is 28.4. The highest BCUT2D eigenvalue weighted by Gasteiger charge is 2.39. The normalized spacial score (nSPS) is 21.4. The van der Waals surface area contributed by atoms with Crippen LogP contribution < -0.4 is 4.74 Å². The Labute approximate surface area is 232 Å². The molecule has 3 aromatic rings. The van der Waals surface area contributed by atoms with Crippen LogP contribution in [0, 0.1) is 24.3 Å². The topological polar surface area (TPSA) is 107 Å². The Balaban J connectivity index is 1.85. The molecule has 1 aromatic carbocycles. The zero-order chi connectivity index (χ0) is 28.5. The molecule has 0 bridgehead atoms. The number of ether oxygens (including phenoxy) is 2. The van der Waals surface area contributed by atoms with Crippen molar-refractivity contribution < 1.29 is 23.9 Å². The molecule has 1 saturated carbocycles. The van der Waals surface area contributed by atoms with Crippen LogP contribution in [-0.2, 0) is 14.9 Å². The van der Waals surface area contributed by atoms with Crippen molar-refractivity contribution in [3.8, 4) is 5.88 Å². The lowest BCUT2D eigenvalue weighted by atomic mass is 9.75. The van der Waals surface area contributed by atoms with Gasteiger partial charge in [0.05, 0.1) is 22.6 Å². The van der Waals surface area contributed by atoms with E-state index in [-0.39, 0.29) is 51.3 Å². The SMILES string of the molecule is [C-]#[N+]c1c(C(=O)OC2C(C)CC(C)CC2C)c2nc(C(C=O)(CC)CC)[nH]n2c1OC(=O)c1ccccc1Cl. The van der Waals surface area contributed by atoms with Gasteiger partial charge in [0.1, 0.15) is 23.8 Å². The van der Waals surface area contributed by atoms with Crippen LogP contribution in [0.15, 0.2) is 24.3 Å². The minimum Gasteiger partial charge on any atom is -0.459 e. The molecule has 0 amide bonds. The van der Waals surface area contributed by atoms with E-state index in [1.165, 1.54) is 10.6 Å². The summed E-state index contributed by atoms with van der Waals surface area (Å²) in [5.41, 5.74) is -1.12. The molecule has 9 nitrogen and oxygen atoms in total. The second-order valence-electron chi connectivity index (χ2n) is 10.6. The van der Waals surface area contributed by atoms with Crippen molar-refractivity contribution in [1.82, 2.24) is 14.6 Å². The second kappa shape index (κ2) is 11.2. The number of aldehydes is 1. The van der Waals surface area contributed by atoms with E-state index in [2.05, 4.69) is 35.7 Å². The summed E-state index contributed by atoms with van der Waals surface area (Å²) < 4.78 is 13.0. The molecule has 1 fully saturated rings. The fourth-order valence-corrected chi connectivity index (χ4v) is 5.98. The standard InChI is InChI=1S/C29H33ClN4O5/c1-7-29(8-2,15-35)28-32-24-21(27(37)38-23-17(4)13-16(3)14-18(23)5)22(31-6)25(34(24)33-28)39-26(36)19-11-9-10-12-20(19)30/h9-12,15-18,23H,7-8,13-14H2,1-5H3,(H,32,33). The fraction of sp³-hybridized carbons (Fsp3) is 0.483. The number of aromatic amines is 1. The van der Waals surface area contributed by atoms with E-state index >= 15 is 0 Å². The molecule has 1 aliphatic rings. The maximum atomic E-state index is 13.7. The number of fused-ring (bicyclic) bond motifs is 1. The summed E-state index contributed by atoms with van der Waals surface area (Å²) >= 11 is 6.20. The Morgan fingerprint density at radius 3 is 2.38 bits per heavy atom. The zero-order valence-electron chi connectivity index (χ0n) is 22.8. The van der Waals surface area contributed by atoms with E-state index < -0.39 is 17.4 Å². The third-order valence-electron chi connectivity index (χ3n) is 7.98. The first-order valence-corrected chi connectivity index (χ1v) is 13.6. The summed E-state index contributed by atoms with van der Waals surface area (Å²) in [6.07, 6.45) is 3.22. The molecule has 1 aliphatic carbocycles. The average Bonchev–Trinajstić information content (AvgIpc) is 3.45. The van der Waals surface area contributed by atoms with Gasteiger partial charge in [-0.1, -0.05) is 58.4 Å². The van der Waals surface area contributed by atoms with Gasteiger partial charge < -0.3 is 14.3 Å². The summed E-state index contributed by atoms with van der Waals surface area (Å²) in [6, 6.07) is 6.36. The third-order valence-corrected chi connectivity index (χ3v) is 8.31. The molecule has 39 heavy (non-hydrogen) atoms. The van der Waals surface area contributed by atoms with Gasteiger partial charge in [-0.2, -0.15) is 0 Å². The molecule has 0 saturated heterocycles. The maximum absolute atomic E-state index is 13.7. The Bertz CT molecular complexity index is 1440. The number of halogens is 1. The van der Waals surface area contributed by atoms with Gasteiger partial charge in [-0.3, -0.25) is 5.10 Å². The van der Waals surface area contributed by atoms with Gasteiger partial charge >= 0.3 is 11.9 Å². The number of nitrogens with one attached hydrogen (secondary N) is 1. The quantitative estimate of drug-likeness (QED) is 0.192. The van der Waals surface area contributed by atoms with E-state index in [0.717, 1.165) is 19.1 Å². The minimum absolute atomic E-state index is 0.0561. The molecule has 2 unspecified atom stereocenters. The van der Waals surface area contributed by atoms with Crippen molar-refractivity contribution in [2.24, 2.45) is 17.8 Å². The lowest BCUT2D eigenvalue weighted by molar-refractivity contribution is -0.113. The number of carbonyl (C=O) groups excluding carboxylic acids is 3. The third kappa shape index (κ3) is 5.06. The Kier molecular flexibility index (Phi) is 8.17. The second-order valence-corrected chi connectivity index (χ2v) is 11.0. The van der Waals surface area contributed by atoms with E-state index in [9.17, 15) is 14.4 Å². The van der Waals surface area contributed by atoms with E-state index in [1.54, 1.807) is 18.2 Å². The first-order chi connectivity index (χ1) is 18.6. The van der Waals surface area contributed by atoms with Gasteiger partial charge in [-0.05, 0) is 55.6 Å². The smallest absolute Gasteiger partial charge is 0.345 e. The molecule has 206 valence electrons. The van der Waals surface area contributed by atoms with E-state index in [4.69, 9.17) is 27.6 Å². The van der Waals surface area contributed by atoms with Gasteiger partial charge in [0.15, 0.2) is 5.65 Å². The number of H-pyrrole nitrogens is 1. The van der Waals surface area contributed by atoms with Crippen LogP contribution in [0.25, 0.3) is 10.5 Å². The number of esters is 2. The molecule has 2 heterocycles.